The molecule has 0 aromatic heterocycles. The molecule has 4 aromatic rings. The van der Waals surface area contributed by atoms with Gasteiger partial charge in [-0.1, -0.05) is 36.4 Å². The maximum atomic E-state index is 2.99. The summed E-state index contributed by atoms with van der Waals surface area (Å²) in [5, 5.41) is 5.39. The van der Waals surface area contributed by atoms with Gasteiger partial charge in [0.1, 0.15) is 0 Å². The first-order valence-electron chi connectivity index (χ1n) is 9.16. The second kappa shape index (κ2) is 13.7. The molecule has 4 aromatic carbocycles. The van der Waals surface area contributed by atoms with Gasteiger partial charge >= 0.3 is 70.3 Å². The van der Waals surface area contributed by atoms with Crippen LogP contribution in [0.25, 0.3) is 21.5 Å². The standard InChI is InChI=1S/C13H9.C8H8.C5H5.2FH.Zr/c1-3-7-12-10(5-1)9-11-6-2-4-8-13(11)12;1-2-8-6-4-3-5-7-8;1-2-4-5-3-1;;;/h1-9H;1,3-7H,2H2;1-3H,4H2;2*1H;/q-1;;-1;;;+2/p-2. The van der Waals surface area contributed by atoms with Crippen LogP contribution in [0.5, 0.6) is 0 Å². The normalized spacial score (nSPS) is 10.8. The molecule has 0 amide bonds. The van der Waals surface area contributed by atoms with Gasteiger partial charge in [0, 0.05) is 0 Å². The molecule has 0 atom stereocenters. The third-order valence-corrected chi connectivity index (χ3v) is 4.79. The van der Waals surface area contributed by atoms with Crippen LogP contribution in [0.15, 0.2) is 103 Å². The molecule has 0 radical (unpaired) electrons. The molecular formula is C26H22F2Zr-2. The minimum atomic E-state index is 0. The van der Waals surface area contributed by atoms with Crippen molar-refractivity contribution >= 4 is 25.3 Å². The van der Waals surface area contributed by atoms with Gasteiger partial charge in [-0.2, -0.15) is 6.08 Å². The molecule has 0 saturated heterocycles. The largest absolute Gasteiger partial charge is 0.126 e. The number of hydrogen-bond donors (Lipinski definition) is 0. The van der Waals surface area contributed by atoms with Crippen LogP contribution in [0.4, 0.5) is 0 Å². The number of hydrogen-bond acceptors (Lipinski definition) is 0. The zero-order valence-corrected chi connectivity index (χ0v) is 18.5. The Labute approximate surface area is 186 Å². The van der Waals surface area contributed by atoms with E-state index in [0.717, 1.165) is 12.8 Å². The molecule has 0 bridgehead atoms. The van der Waals surface area contributed by atoms with Crippen molar-refractivity contribution in [3.05, 3.63) is 115 Å². The van der Waals surface area contributed by atoms with Gasteiger partial charge in [-0.25, -0.2) is 12.2 Å². The molecule has 1 aliphatic rings. The molecule has 0 unspecified atom stereocenters. The van der Waals surface area contributed by atoms with Crippen LogP contribution in [-0.2, 0) is 30.7 Å². The third-order valence-electron chi connectivity index (χ3n) is 4.29. The number of rotatable bonds is 2. The Morgan fingerprint density at radius 2 is 1.34 bits per heavy atom. The van der Waals surface area contributed by atoms with E-state index in [-0.39, 0.29) is 9.41 Å². The SMILES string of the molecule is [C-]1=CC=CC1.[F-].[F-].[Zr+2]=[CH]Cc1ccccc1.c1ccc2c(c1)[cH-]c1ccccc12. The average Bonchev–Trinajstić information content (AvgIpc) is 3.41. The summed E-state index contributed by atoms with van der Waals surface area (Å²) in [5.74, 6) is 0. The van der Waals surface area contributed by atoms with Gasteiger partial charge in [0.2, 0.25) is 0 Å². The average molecular weight is 464 g/mol. The number of benzene rings is 3. The summed E-state index contributed by atoms with van der Waals surface area (Å²) in [5.41, 5.74) is 1.41. The van der Waals surface area contributed by atoms with Crippen molar-refractivity contribution in [2.24, 2.45) is 0 Å². The summed E-state index contributed by atoms with van der Waals surface area (Å²) in [6, 6.07) is 29.8. The minimum absolute atomic E-state index is 0. The Morgan fingerprint density at radius 3 is 1.79 bits per heavy atom. The Morgan fingerprint density at radius 1 is 0.793 bits per heavy atom. The van der Waals surface area contributed by atoms with Crippen LogP contribution < -0.4 is 9.41 Å². The minimum Gasteiger partial charge on any atom is -0.126 e. The van der Waals surface area contributed by atoms with Crippen molar-refractivity contribution in [3.8, 4) is 0 Å². The van der Waals surface area contributed by atoms with E-state index in [1.165, 1.54) is 51.3 Å². The van der Waals surface area contributed by atoms with E-state index in [2.05, 4.69) is 94.7 Å². The molecule has 5 rings (SSSR count). The second-order valence-electron chi connectivity index (χ2n) is 6.22. The van der Waals surface area contributed by atoms with E-state index >= 15 is 0 Å². The quantitative estimate of drug-likeness (QED) is 0.382. The Hall–Kier alpha value is -2.38. The second-order valence-corrected chi connectivity index (χ2v) is 7.22. The summed E-state index contributed by atoms with van der Waals surface area (Å²) in [7, 11) is 0. The molecule has 1 aliphatic carbocycles. The van der Waals surface area contributed by atoms with Crippen molar-refractivity contribution in [2.45, 2.75) is 12.8 Å². The van der Waals surface area contributed by atoms with Crippen LogP contribution in [0.2, 0.25) is 0 Å². The van der Waals surface area contributed by atoms with Crippen molar-refractivity contribution in [3.63, 3.8) is 0 Å². The van der Waals surface area contributed by atoms with E-state index in [9.17, 15) is 0 Å². The zero-order chi connectivity index (χ0) is 18.7. The molecule has 0 spiro atoms. The van der Waals surface area contributed by atoms with Gasteiger partial charge in [0.25, 0.3) is 0 Å². The van der Waals surface area contributed by atoms with E-state index in [4.69, 9.17) is 0 Å². The van der Waals surface area contributed by atoms with Crippen LogP contribution in [0.3, 0.4) is 0 Å². The van der Waals surface area contributed by atoms with Crippen LogP contribution in [0, 0.1) is 6.08 Å². The Kier molecular flexibility index (Phi) is 11.7. The van der Waals surface area contributed by atoms with Crippen LogP contribution in [0.1, 0.15) is 12.0 Å². The molecule has 0 N–H and O–H groups in total. The Bertz CT molecular complexity index is 986. The van der Waals surface area contributed by atoms with Crippen molar-refractivity contribution in [1.29, 1.82) is 0 Å². The van der Waals surface area contributed by atoms with E-state index in [1.54, 1.807) is 0 Å². The molecule has 146 valence electrons. The van der Waals surface area contributed by atoms with Crippen molar-refractivity contribution < 1.29 is 33.6 Å². The molecule has 0 saturated carbocycles. The zero-order valence-electron chi connectivity index (χ0n) is 16.1. The van der Waals surface area contributed by atoms with Gasteiger partial charge in [0.05, 0.1) is 0 Å². The monoisotopic (exact) mass is 462 g/mol. The first-order valence-corrected chi connectivity index (χ1v) is 10.6. The van der Waals surface area contributed by atoms with E-state index in [1.807, 2.05) is 18.2 Å². The number of fused-ring (bicyclic) bond motifs is 3. The number of allylic oxidation sites excluding steroid dienone is 4. The number of halogens is 2. The first-order chi connectivity index (χ1) is 13.4. The molecule has 29 heavy (non-hydrogen) atoms. The molecule has 3 heteroatoms. The molecule has 0 fully saturated rings. The summed E-state index contributed by atoms with van der Waals surface area (Å²) in [6.45, 7) is 0. The van der Waals surface area contributed by atoms with Crippen LogP contribution in [-0.4, -0.2) is 3.71 Å². The summed E-state index contributed by atoms with van der Waals surface area (Å²) < 4.78 is 2.25. The van der Waals surface area contributed by atoms with Gasteiger partial charge < -0.3 is 9.41 Å². The summed E-state index contributed by atoms with van der Waals surface area (Å²) in [4.78, 5) is 0. The predicted octanol–water partition coefficient (Wildman–Crippen LogP) is 0.604. The maximum absolute atomic E-state index is 2.99. The maximum Gasteiger partial charge on any atom is -0.0771 e. The predicted molar refractivity (Wildman–Crippen MR) is 115 cm³/mol. The van der Waals surface area contributed by atoms with Crippen LogP contribution >= 0.6 is 0 Å². The van der Waals surface area contributed by atoms with Crippen molar-refractivity contribution in [1.82, 2.24) is 0 Å². The van der Waals surface area contributed by atoms with Gasteiger partial charge in [-0.05, 0) is 0 Å². The van der Waals surface area contributed by atoms with Crippen molar-refractivity contribution in [2.75, 3.05) is 0 Å². The van der Waals surface area contributed by atoms with E-state index < -0.39 is 0 Å². The Balaban J connectivity index is 0.000000231. The fraction of sp³-hybridized carbons (Fsp3) is 0.0769. The first kappa shape index (κ1) is 24.7. The topological polar surface area (TPSA) is 0 Å². The summed E-state index contributed by atoms with van der Waals surface area (Å²) in [6.07, 6.45) is 11.1. The summed E-state index contributed by atoms with van der Waals surface area (Å²) >= 11 is 1.51. The molecular weight excluding hydrogens is 442 g/mol. The van der Waals surface area contributed by atoms with Gasteiger partial charge in [0.15, 0.2) is 0 Å². The molecule has 0 heterocycles. The third kappa shape index (κ3) is 7.51. The van der Waals surface area contributed by atoms with Gasteiger partial charge in [-0.15, -0.1) is 46.2 Å². The fourth-order valence-electron chi connectivity index (χ4n) is 2.98. The molecule has 0 aliphatic heterocycles. The smallest absolute Gasteiger partial charge is 0.0771 e. The van der Waals surface area contributed by atoms with Gasteiger partial charge in [-0.3, -0.25) is 6.08 Å². The van der Waals surface area contributed by atoms with E-state index in [0.29, 0.717) is 0 Å². The molecule has 0 nitrogen and oxygen atoms in total. The fourth-order valence-corrected chi connectivity index (χ4v) is 3.56.